The van der Waals surface area contributed by atoms with Crippen LogP contribution in [0.5, 0.6) is 0 Å². The third kappa shape index (κ3) is 10.5. The van der Waals surface area contributed by atoms with E-state index in [1.54, 1.807) is 0 Å². The van der Waals surface area contributed by atoms with Crippen LogP contribution in [0.25, 0.3) is 0 Å². The molecule has 0 aromatic carbocycles. The standard InChI is InChI=1S/C13H13Br3F12O3/c14-11(23,24)8(17,18)1-4-29-7(30-5-2-9(19,20)12(15,25)26)31-6-3-10(21,22)13(16,27)28/h7H,1-6H2. The van der Waals surface area contributed by atoms with Gasteiger partial charge in [0, 0.05) is 19.3 Å². The summed E-state index contributed by atoms with van der Waals surface area (Å²) in [7, 11) is 0. The van der Waals surface area contributed by atoms with Crippen molar-refractivity contribution in [1.82, 2.24) is 0 Å². The van der Waals surface area contributed by atoms with E-state index in [9.17, 15) is 52.7 Å². The first-order valence-corrected chi connectivity index (χ1v) is 10.1. The number of alkyl halides is 15. The SMILES string of the molecule is FC(F)(Br)C(F)(F)CCOC(OCCC(F)(F)C(F)(F)Br)OCCC(F)(F)C(F)(F)Br. The van der Waals surface area contributed by atoms with Crippen molar-refractivity contribution in [2.45, 2.75) is 58.0 Å². The number of halogens is 15. The topological polar surface area (TPSA) is 27.7 Å². The molecular weight excluding hydrogens is 672 g/mol. The summed E-state index contributed by atoms with van der Waals surface area (Å²) in [5.74, 6) is -14.1. The Kier molecular flexibility index (Phi) is 11.4. The summed E-state index contributed by atoms with van der Waals surface area (Å²) in [6.07, 6.45) is -5.13. The molecule has 0 saturated heterocycles. The van der Waals surface area contributed by atoms with E-state index >= 15 is 0 Å². The first-order chi connectivity index (χ1) is 13.5. The second kappa shape index (κ2) is 11.3. The predicted molar refractivity (Wildman–Crippen MR) is 92.0 cm³/mol. The lowest BCUT2D eigenvalue weighted by molar-refractivity contribution is -0.303. The van der Waals surface area contributed by atoms with Gasteiger partial charge >= 0.3 is 32.3 Å². The minimum atomic E-state index is -4.69. The maximum Gasteiger partial charge on any atom is 0.363 e. The van der Waals surface area contributed by atoms with Crippen molar-refractivity contribution >= 4 is 47.8 Å². The maximum absolute atomic E-state index is 13.1. The Hall–Kier alpha value is 0.480. The molecule has 0 radical (unpaired) electrons. The lowest BCUT2D eigenvalue weighted by Gasteiger charge is -2.26. The van der Waals surface area contributed by atoms with E-state index in [-0.39, 0.29) is 0 Å². The van der Waals surface area contributed by atoms with Crippen molar-refractivity contribution in [3.63, 3.8) is 0 Å². The van der Waals surface area contributed by atoms with E-state index in [1.807, 2.05) is 0 Å². The van der Waals surface area contributed by atoms with Gasteiger partial charge in [-0.05, 0) is 47.8 Å². The first-order valence-electron chi connectivity index (χ1n) is 7.72. The van der Waals surface area contributed by atoms with Crippen LogP contribution in [0, 0.1) is 0 Å². The summed E-state index contributed by atoms with van der Waals surface area (Å²) in [6, 6.07) is 0. The van der Waals surface area contributed by atoms with Crippen LogP contribution in [-0.2, 0) is 14.2 Å². The van der Waals surface area contributed by atoms with Crippen LogP contribution in [-0.4, -0.2) is 58.6 Å². The van der Waals surface area contributed by atoms with E-state index < -0.39 is 77.8 Å². The van der Waals surface area contributed by atoms with Gasteiger partial charge in [-0.25, -0.2) is 0 Å². The Balaban J connectivity index is 4.94. The van der Waals surface area contributed by atoms with E-state index in [2.05, 4.69) is 14.2 Å². The van der Waals surface area contributed by atoms with E-state index in [1.165, 1.54) is 47.8 Å². The molecule has 0 aliphatic heterocycles. The normalized spacial score (nSPS) is 15.1. The summed E-state index contributed by atoms with van der Waals surface area (Å²) < 4.78 is 168. The van der Waals surface area contributed by atoms with Gasteiger partial charge in [-0.3, -0.25) is 0 Å². The molecule has 0 spiro atoms. The van der Waals surface area contributed by atoms with Gasteiger partial charge in [0.2, 0.25) is 0 Å². The highest BCUT2D eigenvalue weighted by Gasteiger charge is 2.55. The van der Waals surface area contributed by atoms with Gasteiger partial charge in [-0.2, -0.15) is 52.7 Å². The smallest absolute Gasteiger partial charge is 0.330 e. The summed E-state index contributed by atoms with van der Waals surface area (Å²) in [5, 5.41) is 0. The van der Waals surface area contributed by atoms with Crippen LogP contribution >= 0.6 is 47.8 Å². The number of hydrogen-bond donors (Lipinski definition) is 0. The minimum Gasteiger partial charge on any atom is -0.330 e. The lowest BCUT2D eigenvalue weighted by Crippen LogP contribution is -2.39. The molecule has 0 unspecified atom stereocenters. The van der Waals surface area contributed by atoms with Crippen LogP contribution in [0.3, 0.4) is 0 Å². The zero-order valence-corrected chi connectivity index (χ0v) is 19.5. The second-order valence-electron chi connectivity index (χ2n) is 5.76. The van der Waals surface area contributed by atoms with Gasteiger partial charge in [0.05, 0.1) is 19.8 Å². The van der Waals surface area contributed by atoms with Crippen LogP contribution in [0.15, 0.2) is 0 Å². The number of ether oxygens (including phenoxy) is 3. The molecule has 188 valence electrons. The zero-order valence-electron chi connectivity index (χ0n) is 14.7. The Labute approximate surface area is 192 Å². The number of hydrogen-bond acceptors (Lipinski definition) is 3. The fraction of sp³-hybridized carbons (Fsp3) is 1.00. The third-order valence-corrected chi connectivity index (χ3v) is 4.99. The average Bonchev–Trinajstić information content (AvgIpc) is 2.50. The highest BCUT2D eigenvalue weighted by molar-refractivity contribution is 9.10. The van der Waals surface area contributed by atoms with Crippen molar-refractivity contribution in [2.75, 3.05) is 19.8 Å². The van der Waals surface area contributed by atoms with Gasteiger partial charge in [-0.1, -0.05) is 0 Å². The fourth-order valence-corrected chi connectivity index (χ4v) is 2.01. The quantitative estimate of drug-likeness (QED) is 0.103. The molecular formula is C13H13Br3F12O3. The van der Waals surface area contributed by atoms with Crippen LogP contribution in [0.2, 0.25) is 0 Å². The molecule has 0 aromatic rings. The van der Waals surface area contributed by atoms with Crippen LogP contribution in [0.1, 0.15) is 19.3 Å². The molecule has 31 heavy (non-hydrogen) atoms. The summed E-state index contributed by atoms with van der Waals surface area (Å²) in [6.45, 7) is -6.31. The van der Waals surface area contributed by atoms with Gasteiger partial charge in [0.25, 0.3) is 6.48 Å². The third-order valence-electron chi connectivity index (χ3n) is 3.25. The molecule has 0 saturated carbocycles. The van der Waals surface area contributed by atoms with Crippen LogP contribution < -0.4 is 0 Å². The second-order valence-corrected chi connectivity index (χ2v) is 8.75. The minimum absolute atomic E-state index is 1.31. The Morgan fingerprint density at radius 2 is 0.645 bits per heavy atom. The van der Waals surface area contributed by atoms with Crippen molar-refractivity contribution in [2.24, 2.45) is 0 Å². The Bertz CT molecular complexity index is 472. The van der Waals surface area contributed by atoms with E-state index in [0.717, 1.165) is 0 Å². The summed E-state index contributed by atoms with van der Waals surface area (Å²) >= 11 is 4.24. The number of rotatable bonds is 15. The molecule has 0 aliphatic carbocycles. The Morgan fingerprint density at radius 1 is 0.452 bits per heavy atom. The molecule has 0 aromatic heterocycles. The first kappa shape index (κ1) is 31.5. The van der Waals surface area contributed by atoms with E-state index in [0.29, 0.717) is 0 Å². The van der Waals surface area contributed by atoms with Gasteiger partial charge in [0.1, 0.15) is 0 Å². The molecule has 0 heterocycles. The fourth-order valence-electron chi connectivity index (χ4n) is 1.42. The van der Waals surface area contributed by atoms with Gasteiger partial charge in [-0.15, -0.1) is 0 Å². The van der Waals surface area contributed by atoms with Crippen LogP contribution in [0.4, 0.5) is 52.7 Å². The predicted octanol–water partition coefficient (Wildman–Crippen LogP) is 7.36. The molecule has 0 aliphatic rings. The molecule has 3 nitrogen and oxygen atoms in total. The monoisotopic (exact) mass is 682 g/mol. The summed E-state index contributed by atoms with van der Waals surface area (Å²) in [4.78, 5) is -14.0. The van der Waals surface area contributed by atoms with Crippen molar-refractivity contribution in [3.8, 4) is 0 Å². The lowest BCUT2D eigenvalue weighted by atomic mass is 10.2. The average molecular weight is 685 g/mol. The van der Waals surface area contributed by atoms with Crippen molar-refractivity contribution in [3.05, 3.63) is 0 Å². The molecule has 0 amide bonds. The highest BCUT2D eigenvalue weighted by atomic mass is 79.9. The maximum atomic E-state index is 13.1. The largest absolute Gasteiger partial charge is 0.363 e. The van der Waals surface area contributed by atoms with E-state index in [4.69, 9.17) is 0 Å². The van der Waals surface area contributed by atoms with Gasteiger partial charge < -0.3 is 14.2 Å². The molecule has 0 N–H and O–H groups in total. The Morgan fingerprint density at radius 3 is 0.806 bits per heavy atom. The summed E-state index contributed by atoms with van der Waals surface area (Å²) in [5.41, 5.74) is 0. The zero-order chi connectivity index (χ0) is 24.9. The molecule has 0 fully saturated rings. The van der Waals surface area contributed by atoms with Crippen molar-refractivity contribution in [1.29, 1.82) is 0 Å². The van der Waals surface area contributed by atoms with Gasteiger partial charge in [0.15, 0.2) is 0 Å². The van der Waals surface area contributed by atoms with Crippen molar-refractivity contribution < 1.29 is 66.9 Å². The molecule has 0 rings (SSSR count). The molecule has 0 bridgehead atoms. The highest BCUT2D eigenvalue weighted by Crippen LogP contribution is 2.43. The molecule has 0 atom stereocenters. The molecule has 18 heteroatoms.